The highest BCUT2D eigenvalue weighted by molar-refractivity contribution is 5.77. The van der Waals surface area contributed by atoms with Crippen LogP contribution < -0.4 is 10.1 Å². The summed E-state index contributed by atoms with van der Waals surface area (Å²) < 4.78 is 18.8. The summed E-state index contributed by atoms with van der Waals surface area (Å²) in [5.41, 5.74) is 0.503. The third kappa shape index (κ3) is 4.02. The average molecular weight is 253 g/mol. The van der Waals surface area contributed by atoms with Gasteiger partial charge in [0.15, 0.2) is 18.2 Å². The minimum Gasteiger partial charge on any atom is -0.481 e. The van der Waals surface area contributed by atoms with Gasteiger partial charge in [0.2, 0.25) is 0 Å². The molecule has 1 amide bonds. The maximum absolute atomic E-state index is 13.6. The monoisotopic (exact) mass is 253 g/mol. The fourth-order valence-corrected chi connectivity index (χ4v) is 1.34. The number of hydrogen-bond donors (Lipinski definition) is 1. The predicted molar refractivity (Wildman–Crippen MR) is 69.1 cm³/mol. The van der Waals surface area contributed by atoms with E-state index in [1.165, 1.54) is 6.07 Å². The van der Waals surface area contributed by atoms with Gasteiger partial charge in [-0.05, 0) is 31.4 Å². The summed E-state index contributed by atoms with van der Waals surface area (Å²) in [5.74, 6) is -0.189. The first-order chi connectivity index (χ1) is 8.41. The molecule has 0 spiro atoms. The van der Waals surface area contributed by atoms with Crippen LogP contribution in [0.4, 0.5) is 4.39 Å². The summed E-state index contributed by atoms with van der Waals surface area (Å²) in [7, 11) is 0. The topological polar surface area (TPSA) is 38.3 Å². The Balaban J connectivity index is 2.50. The Morgan fingerprint density at radius 1 is 1.39 bits per heavy atom. The molecule has 1 N–H and O–H groups in total. The van der Waals surface area contributed by atoms with E-state index in [2.05, 4.69) is 5.32 Å². The second kappa shape index (κ2) is 6.38. The SMILES string of the molecule is Cc1cccc(OCC(=O)NC(C)C(C)C)c1F. The van der Waals surface area contributed by atoms with Crippen LogP contribution in [0.5, 0.6) is 5.75 Å². The van der Waals surface area contributed by atoms with Gasteiger partial charge in [0.25, 0.3) is 5.91 Å². The van der Waals surface area contributed by atoms with Gasteiger partial charge in [0, 0.05) is 6.04 Å². The average Bonchev–Trinajstić information content (AvgIpc) is 2.31. The molecule has 0 saturated carbocycles. The number of halogens is 1. The Hall–Kier alpha value is -1.58. The standard InChI is InChI=1S/C14H20FNO2/c1-9(2)11(4)16-13(17)8-18-12-7-5-6-10(3)14(12)15/h5-7,9,11H,8H2,1-4H3,(H,16,17). The molecule has 0 saturated heterocycles. The highest BCUT2D eigenvalue weighted by Gasteiger charge is 2.12. The second-order valence-electron chi connectivity index (χ2n) is 4.78. The Morgan fingerprint density at radius 2 is 2.06 bits per heavy atom. The number of ether oxygens (including phenoxy) is 1. The summed E-state index contributed by atoms with van der Waals surface area (Å²) >= 11 is 0. The molecule has 4 heteroatoms. The first-order valence-corrected chi connectivity index (χ1v) is 6.09. The summed E-state index contributed by atoms with van der Waals surface area (Å²) in [5, 5.41) is 2.80. The van der Waals surface area contributed by atoms with E-state index in [-0.39, 0.29) is 24.3 Å². The van der Waals surface area contributed by atoms with E-state index in [1.54, 1.807) is 19.1 Å². The van der Waals surface area contributed by atoms with E-state index in [1.807, 2.05) is 20.8 Å². The van der Waals surface area contributed by atoms with Crippen molar-refractivity contribution in [1.82, 2.24) is 5.32 Å². The minimum atomic E-state index is -0.415. The predicted octanol–water partition coefficient (Wildman–Crippen LogP) is 2.67. The van der Waals surface area contributed by atoms with Gasteiger partial charge < -0.3 is 10.1 Å². The van der Waals surface area contributed by atoms with Gasteiger partial charge >= 0.3 is 0 Å². The Kier molecular flexibility index (Phi) is 5.13. The molecule has 18 heavy (non-hydrogen) atoms. The zero-order valence-corrected chi connectivity index (χ0v) is 11.3. The fourth-order valence-electron chi connectivity index (χ4n) is 1.34. The number of carbonyl (C=O) groups excluding carboxylic acids is 1. The van der Waals surface area contributed by atoms with Crippen LogP contribution in [-0.2, 0) is 4.79 Å². The van der Waals surface area contributed by atoms with Crippen molar-refractivity contribution in [3.8, 4) is 5.75 Å². The van der Waals surface area contributed by atoms with Crippen molar-refractivity contribution in [3.63, 3.8) is 0 Å². The number of carbonyl (C=O) groups is 1. The van der Waals surface area contributed by atoms with Crippen molar-refractivity contribution in [2.45, 2.75) is 33.7 Å². The molecule has 1 unspecified atom stereocenters. The maximum Gasteiger partial charge on any atom is 0.258 e. The number of nitrogens with one attached hydrogen (secondary N) is 1. The molecule has 0 fully saturated rings. The molecule has 0 aliphatic heterocycles. The summed E-state index contributed by atoms with van der Waals surface area (Å²) in [6, 6.07) is 4.94. The van der Waals surface area contributed by atoms with Gasteiger partial charge in [0.05, 0.1) is 0 Å². The van der Waals surface area contributed by atoms with Crippen LogP contribution in [0, 0.1) is 18.7 Å². The summed E-state index contributed by atoms with van der Waals surface area (Å²) in [6.07, 6.45) is 0. The first-order valence-electron chi connectivity index (χ1n) is 6.09. The van der Waals surface area contributed by atoms with Crippen LogP contribution >= 0.6 is 0 Å². The molecular weight excluding hydrogens is 233 g/mol. The van der Waals surface area contributed by atoms with Crippen molar-refractivity contribution in [2.75, 3.05) is 6.61 Å². The van der Waals surface area contributed by atoms with Crippen LogP contribution in [0.3, 0.4) is 0 Å². The molecular formula is C14H20FNO2. The smallest absolute Gasteiger partial charge is 0.258 e. The summed E-state index contributed by atoms with van der Waals surface area (Å²) in [4.78, 5) is 11.6. The van der Waals surface area contributed by atoms with Crippen LogP contribution in [0.15, 0.2) is 18.2 Å². The van der Waals surface area contributed by atoms with Gasteiger partial charge in [0.1, 0.15) is 0 Å². The van der Waals surface area contributed by atoms with Crippen LogP contribution in [-0.4, -0.2) is 18.6 Å². The zero-order valence-electron chi connectivity index (χ0n) is 11.3. The molecule has 3 nitrogen and oxygen atoms in total. The Labute approximate surface area is 107 Å². The lowest BCUT2D eigenvalue weighted by Crippen LogP contribution is -2.39. The van der Waals surface area contributed by atoms with Crippen molar-refractivity contribution in [3.05, 3.63) is 29.6 Å². The van der Waals surface area contributed by atoms with Crippen molar-refractivity contribution >= 4 is 5.91 Å². The van der Waals surface area contributed by atoms with Crippen molar-refractivity contribution in [2.24, 2.45) is 5.92 Å². The third-order valence-corrected chi connectivity index (χ3v) is 2.90. The van der Waals surface area contributed by atoms with Gasteiger partial charge in [-0.15, -0.1) is 0 Å². The lowest BCUT2D eigenvalue weighted by atomic mass is 10.1. The van der Waals surface area contributed by atoms with Crippen molar-refractivity contribution < 1.29 is 13.9 Å². The van der Waals surface area contributed by atoms with Crippen LogP contribution in [0.2, 0.25) is 0 Å². The molecule has 100 valence electrons. The lowest BCUT2D eigenvalue weighted by molar-refractivity contribution is -0.124. The number of hydrogen-bond acceptors (Lipinski definition) is 2. The Bertz CT molecular complexity index is 418. The van der Waals surface area contributed by atoms with E-state index in [9.17, 15) is 9.18 Å². The zero-order chi connectivity index (χ0) is 13.7. The highest BCUT2D eigenvalue weighted by Crippen LogP contribution is 2.19. The van der Waals surface area contributed by atoms with Gasteiger partial charge in [-0.25, -0.2) is 4.39 Å². The largest absolute Gasteiger partial charge is 0.481 e. The van der Waals surface area contributed by atoms with Crippen molar-refractivity contribution in [1.29, 1.82) is 0 Å². The van der Waals surface area contributed by atoms with Gasteiger partial charge in [-0.2, -0.15) is 0 Å². The quantitative estimate of drug-likeness (QED) is 0.876. The lowest BCUT2D eigenvalue weighted by Gasteiger charge is -2.17. The molecule has 1 atom stereocenters. The van der Waals surface area contributed by atoms with E-state index in [0.717, 1.165) is 0 Å². The normalized spacial score (nSPS) is 12.3. The summed E-state index contributed by atoms with van der Waals surface area (Å²) in [6.45, 7) is 7.45. The van der Waals surface area contributed by atoms with Gasteiger partial charge in [-0.1, -0.05) is 26.0 Å². The second-order valence-corrected chi connectivity index (χ2v) is 4.78. The van der Waals surface area contributed by atoms with Gasteiger partial charge in [-0.3, -0.25) is 4.79 Å². The minimum absolute atomic E-state index is 0.0726. The number of aryl methyl sites for hydroxylation is 1. The molecule has 0 bridgehead atoms. The molecule has 0 aromatic heterocycles. The van der Waals surface area contributed by atoms with Crippen LogP contribution in [0.1, 0.15) is 26.3 Å². The molecule has 0 aliphatic carbocycles. The molecule has 1 aromatic carbocycles. The van der Waals surface area contributed by atoms with E-state index in [0.29, 0.717) is 11.5 Å². The molecule has 0 heterocycles. The third-order valence-electron chi connectivity index (χ3n) is 2.90. The molecule has 1 rings (SSSR count). The maximum atomic E-state index is 13.6. The number of rotatable bonds is 5. The van der Waals surface area contributed by atoms with E-state index in [4.69, 9.17) is 4.74 Å². The number of amides is 1. The molecule has 1 aromatic rings. The fraction of sp³-hybridized carbons (Fsp3) is 0.500. The first kappa shape index (κ1) is 14.5. The van der Waals surface area contributed by atoms with E-state index < -0.39 is 5.82 Å². The number of benzene rings is 1. The van der Waals surface area contributed by atoms with E-state index >= 15 is 0 Å². The highest BCUT2D eigenvalue weighted by atomic mass is 19.1. The Morgan fingerprint density at radius 3 is 2.67 bits per heavy atom. The molecule has 0 radical (unpaired) electrons. The van der Waals surface area contributed by atoms with Crippen LogP contribution in [0.25, 0.3) is 0 Å². The molecule has 0 aliphatic rings.